The third-order valence-electron chi connectivity index (χ3n) is 3.59. The van der Waals surface area contributed by atoms with Crippen LogP contribution in [0.2, 0.25) is 0 Å². The molecule has 1 aromatic rings. The number of carbonyl (C=O) groups is 2. The maximum absolute atomic E-state index is 12.1. The number of benzene rings is 1. The van der Waals surface area contributed by atoms with Gasteiger partial charge in [-0.05, 0) is 37.2 Å². The van der Waals surface area contributed by atoms with Crippen LogP contribution in [0.4, 0.5) is 0 Å². The molecule has 0 aliphatic carbocycles. The topological polar surface area (TPSA) is 81.7 Å². The predicted molar refractivity (Wildman–Crippen MR) is 95.0 cm³/mol. The van der Waals surface area contributed by atoms with Gasteiger partial charge in [-0.15, -0.1) is 0 Å². The Balaban J connectivity index is 2.52. The van der Waals surface area contributed by atoms with Crippen LogP contribution >= 0.6 is 0 Å². The van der Waals surface area contributed by atoms with E-state index in [2.05, 4.69) is 31.4 Å². The van der Waals surface area contributed by atoms with Gasteiger partial charge >= 0.3 is 0 Å². The molecular formula is C18H29N3O3. The third-order valence-corrected chi connectivity index (χ3v) is 3.59. The molecule has 3 N–H and O–H groups in total. The lowest BCUT2D eigenvalue weighted by Gasteiger charge is -2.20. The highest BCUT2D eigenvalue weighted by atomic mass is 16.3. The molecule has 0 unspecified atom stereocenters. The van der Waals surface area contributed by atoms with Crippen molar-refractivity contribution in [3.63, 3.8) is 0 Å². The van der Waals surface area contributed by atoms with Gasteiger partial charge in [0.05, 0.1) is 19.2 Å². The minimum atomic E-state index is -0.351. The number of rotatable bonds is 7. The lowest BCUT2D eigenvalue weighted by atomic mass is 9.87. The molecule has 134 valence electrons. The van der Waals surface area contributed by atoms with E-state index in [-0.39, 0.29) is 36.4 Å². The maximum atomic E-state index is 12.1. The summed E-state index contributed by atoms with van der Waals surface area (Å²) in [4.78, 5) is 25.8. The van der Waals surface area contributed by atoms with Crippen LogP contribution < -0.4 is 10.6 Å². The van der Waals surface area contributed by atoms with Crippen LogP contribution in [0.3, 0.4) is 0 Å². The van der Waals surface area contributed by atoms with Gasteiger partial charge in [-0.2, -0.15) is 0 Å². The number of amides is 2. The van der Waals surface area contributed by atoms with Crippen molar-refractivity contribution in [1.29, 1.82) is 0 Å². The first-order chi connectivity index (χ1) is 11.1. The minimum Gasteiger partial charge on any atom is -0.394 e. The Morgan fingerprint density at radius 2 is 1.75 bits per heavy atom. The molecule has 0 heterocycles. The summed E-state index contributed by atoms with van der Waals surface area (Å²) in [5.41, 5.74) is 1.69. The van der Waals surface area contributed by atoms with Gasteiger partial charge in [-0.1, -0.05) is 32.9 Å². The van der Waals surface area contributed by atoms with Crippen molar-refractivity contribution in [2.24, 2.45) is 0 Å². The normalized spacial score (nSPS) is 12.8. The molecule has 0 aromatic heterocycles. The van der Waals surface area contributed by atoms with Crippen molar-refractivity contribution in [3.8, 4) is 0 Å². The summed E-state index contributed by atoms with van der Waals surface area (Å²) in [6.07, 6.45) is 0. The standard InChI is InChI=1S/C18H29N3O3/c1-18(2,3)14-8-6-13(7-9-14)17(24)19-10-16(23)20-15(12-22)11-21(4)5/h6-9,15,22H,10-12H2,1-5H3,(H,19,24)(H,20,23)/t15-/m0/s1. The quantitative estimate of drug-likeness (QED) is 0.687. The fourth-order valence-electron chi connectivity index (χ4n) is 2.25. The summed E-state index contributed by atoms with van der Waals surface area (Å²) in [5, 5.41) is 14.5. The molecular weight excluding hydrogens is 306 g/mol. The summed E-state index contributed by atoms with van der Waals surface area (Å²) in [6.45, 7) is 6.59. The molecule has 0 spiro atoms. The second-order valence-corrected chi connectivity index (χ2v) is 7.22. The fourth-order valence-corrected chi connectivity index (χ4v) is 2.25. The average Bonchev–Trinajstić information content (AvgIpc) is 2.50. The minimum absolute atomic E-state index is 0.0284. The van der Waals surface area contributed by atoms with E-state index in [1.54, 1.807) is 12.1 Å². The lowest BCUT2D eigenvalue weighted by Crippen LogP contribution is -2.47. The van der Waals surface area contributed by atoms with Crippen molar-refractivity contribution < 1.29 is 14.7 Å². The van der Waals surface area contributed by atoms with Crippen LogP contribution in [0, 0.1) is 0 Å². The van der Waals surface area contributed by atoms with Crippen LogP contribution in [0.15, 0.2) is 24.3 Å². The van der Waals surface area contributed by atoms with E-state index < -0.39 is 0 Å². The van der Waals surface area contributed by atoms with Crippen molar-refractivity contribution in [3.05, 3.63) is 35.4 Å². The fraction of sp³-hybridized carbons (Fsp3) is 0.556. The van der Waals surface area contributed by atoms with Gasteiger partial charge in [0.1, 0.15) is 0 Å². The van der Waals surface area contributed by atoms with Gasteiger partial charge in [0.15, 0.2) is 0 Å². The highest BCUT2D eigenvalue weighted by Gasteiger charge is 2.16. The Bertz CT molecular complexity index is 548. The lowest BCUT2D eigenvalue weighted by molar-refractivity contribution is -0.121. The van der Waals surface area contributed by atoms with Crippen LogP contribution in [-0.4, -0.2) is 61.7 Å². The number of likely N-dealkylation sites (N-methyl/N-ethyl adjacent to an activating group) is 1. The Morgan fingerprint density at radius 3 is 2.21 bits per heavy atom. The second-order valence-electron chi connectivity index (χ2n) is 7.22. The first-order valence-electron chi connectivity index (χ1n) is 8.07. The zero-order chi connectivity index (χ0) is 18.3. The van der Waals surface area contributed by atoms with Gasteiger partial charge in [0.2, 0.25) is 5.91 Å². The molecule has 0 saturated heterocycles. The number of hydrogen-bond donors (Lipinski definition) is 3. The number of nitrogens with one attached hydrogen (secondary N) is 2. The average molecular weight is 335 g/mol. The number of carbonyl (C=O) groups excluding carboxylic acids is 2. The zero-order valence-electron chi connectivity index (χ0n) is 15.2. The number of aliphatic hydroxyl groups is 1. The van der Waals surface area contributed by atoms with Crippen molar-refractivity contribution >= 4 is 11.8 Å². The van der Waals surface area contributed by atoms with Crippen LogP contribution in [0.1, 0.15) is 36.7 Å². The SMILES string of the molecule is CN(C)C[C@@H](CO)NC(=O)CNC(=O)c1ccc(C(C)(C)C)cc1. The number of hydrogen-bond acceptors (Lipinski definition) is 4. The summed E-state index contributed by atoms with van der Waals surface area (Å²) in [6, 6.07) is 7.02. The molecule has 0 aliphatic rings. The van der Waals surface area contributed by atoms with Crippen molar-refractivity contribution in [2.75, 3.05) is 33.8 Å². The van der Waals surface area contributed by atoms with E-state index in [9.17, 15) is 14.7 Å². The largest absolute Gasteiger partial charge is 0.394 e. The summed E-state index contributed by atoms with van der Waals surface area (Å²) in [5.74, 6) is -0.616. The van der Waals surface area contributed by atoms with Crippen molar-refractivity contribution in [2.45, 2.75) is 32.2 Å². The van der Waals surface area contributed by atoms with E-state index in [4.69, 9.17) is 0 Å². The van der Waals surface area contributed by atoms with Crippen molar-refractivity contribution in [1.82, 2.24) is 15.5 Å². The maximum Gasteiger partial charge on any atom is 0.251 e. The monoisotopic (exact) mass is 335 g/mol. The first kappa shape index (κ1) is 20.1. The Morgan fingerprint density at radius 1 is 1.17 bits per heavy atom. The van der Waals surface area contributed by atoms with E-state index in [0.717, 1.165) is 5.56 Å². The van der Waals surface area contributed by atoms with E-state index in [0.29, 0.717) is 12.1 Å². The van der Waals surface area contributed by atoms with Crippen LogP contribution in [0.25, 0.3) is 0 Å². The molecule has 0 aliphatic heterocycles. The van der Waals surface area contributed by atoms with Gasteiger partial charge in [-0.3, -0.25) is 9.59 Å². The number of nitrogens with zero attached hydrogens (tertiary/aromatic N) is 1. The summed E-state index contributed by atoms with van der Waals surface area (Å²) in [7, 11) is 3.72. The third kappa shape index (κ3) is 6.68. The molecule has 1 atom stereocenters. The molecule has 0 fully saturated rings. The smallest absolute Gasteiger partial charge is 0.251 e. The molecule has 1 rings (SSSR count). The van der Waals surface area contributed by atoms with Gasteiger partial charge in [0.25, 0.3) is 5.91 Å². The Kier molecular flexibility index (Phi) is 7.38. The molecule has 24 heavy (non-hydrogen) atoms. The second kappa shape index (κ2) is 8.80. The van der Waals surface area contributed by atoms with Gasteiger partial charge in [-0.25, -0.2) is 0 Å². The highest BCUT2D eigenvalue weighted by molar-refractivity contribution is 5.96. The first-order valence-corrected chi connectivity index (χ1v) is 8.07. The molecule has 6 nitrogen and oxygen atoms in total. The molecule has 2 amide bonds. The highest BCUT2D eigenvalue weighted by Crippen LogP contribution is 2.22. The van der Waals surface area contributed by atoms with Gasteiger partial charge < -0.3 is 20.6 Å². The molecule has 0 radical (unpaired) electrons. The van der Waals surface area contributed by atoms with E-state index in [1.807, 2.05) is 31.1 Å². The summed E-state index contributed by atoms with van der Waals surface area (Å²) < 4.78 is 0. The van der Waals surface area contributed by atoms with Crippen LogP contribution in [-0.2, 0) is 10.2 Å². The predicted octanol–water partition coefficient (Wildman–Crippen LogP) is 0.753. The molecule has 0 bridgehead atoms. The molecule has 0 saturated carbocycles. The summed E-state index contributed by atoms with van der Waals surface area (Å²) >= 11 is 0. The molecule has 1 aromatic carbocycles. The van der Waals surface area contributed by atoms with Crippen LogP contribution in [0.5, 0.6) is 0 Å². The van der Waals surface area contributed by atoms with Gasteiger partial charge in [0, 0.05) is 12.1 Å². The zero-order valence-corrected chi connectivity index (χ0v) is 15.2. The number of aliphatic hydroxyl groups excluding tert-OH is 1. The molecule has 6 heteroatoms. The Labute approximate surface area is 144 Å². The van der Waals surface area contributed by atoms with E-state index in [1.165, 1.54) is 0 Å². The van der Waals surface area contributed by atoms with E-state index >= 15 is 0 Å². The Hall–Kier alpha value is -1.92.